The summed E-state index contributed by atoms with van der Waals surface area (Å²) in [5.74, 6) is 5.72. The maximum absolute atomic E-state index is 5.72. The molecule has 0 fully saturated rings. The first kappa shape index (κ1) is 12.3. The number of allylic oxidation sites excluding steroid dienone is 1. The van der Waals surface area contributed by atoms with Crippen molar-refractivity contribution in [3.63, 3.8) is 0 Å². The highest BCUT2D eigenvalue weighted by atomic mass is 15.2. The van der Waals surface area contributed by atoms with Gasteiger partial charge in [0.15, 0.2) is 0 Å². The summed E-state index contributed by atoms with van der Waals surface area (Å²) < 4.78 is 0. The van der Waals surface area contributed by atoms with Gasteiger partial charge in [0.2, 0.25) is 0 Å². The number of hydrogen-bond donors (Lipinski definition) is 2. The number of pyridine rings is 1. The lowest BCUT2D eigenvalue weighted by molar-refractivity contribution is 0.591. The second-order valence-corrected chi connectivity index (χ2v) is 4.77. The molecule has 2 rings (SSSR count). The minimum Gasteiger partial charge on any atom is -0.271 e. The lowest BCUT2D eigenvalue weighted by Crippen LogP contribution is -2.29. The van der Waals surface area contributed by atoms with Crippen molar-refractivity contribution in [1.82, 2.24) is 10.4 Å². The fourth-order valence-corrected chi connectivity index (χ4v) is 2.46. The normalized spacial score (nSPS) is 18.4. The number of aromatic nitrogens is 1. The Labute approximate surface area is 103 Å². The largest absolute Gasteiger partial charge is 0.271 e. The van der Waals surface area contributed by atoms with Gasteiger partial charge in [-0.3, -0.25) is 10.8 Å². The predicted molar refractivity (Wildman–Crippen MR) is 70.2 cm³/mol. The number of nitrogens with one attached hydrogen (secondary N) is 1. The number of nitrogens with zero attached hydrogens (tertiary/aromatic N) is 1. The molecule has 0 bridgehead atoms. The molecule has 17 heavy (non-hydrogen) atoms. The Morgan fingerprint density at radius 1 is 1.29 bits per heavy atom. The molecular weight excluding hydrogens is 210 g/mol. The third kappa shape index (κ3) is 3.14. The van der Waals surface area contributed by atoms with Crippen molar-refractivity contribution in [3.8, 4) is 0 Å². The van der Waals surface area contributed by atoms with Gasteiger partial charge in [-0.05, 0) is 43.7 Å². The van der Waals surface area contributed by atoms with E-state index in [1.807, 2.05) is 12.4 Å². The van der Waals surface area contributed by atoms with Gasteiger partial charge in [-0.1, -0.05) is 24.1 Å². The number of hydrazine groups is 1. The molecule has 3 N–H and O–H groups in total. The zero-order valence-electron chi connectivity index (χ0n) is 10.4. The Hall–Kier alpha value is -1.19. The van der Waals surface area contributed by atoms with E-state index in [1.165, 1.54) is 42.4 Å². The van der Waals surface area contributed by atoms with Crippen LogP contribution in [-0.4, -0.2) is 4.98 Å². The molecular formula is C14H21N3. The van der Waals surface area contributed by atoms with Crippen LogP contribution >= 0.6 is 0 Å². The number of nitrogens with two attached hydrogens (primary N) is 1. The Morgan fingerprint density at radius 3 is 2.94 bits per heavy atom. The van der Waals surface area contributed by atoms with E-state index in [0.717, 1.165) is 6.42 Å². The molecule has 1 unspecified atom stereocenters. The molecule has 1 aliphatic carbocycles. The van der Waals surface area contributed by atoms with E-state index in [2.05, 4.69) is 29.5 Å². The quantitative estimate of drug-likeness (QED) is 0.478. The van der Waals surface area contributed by atoms with Gasteiger partial charge < -0.3 is 0 Å². The van der Waals surface area contributed by atoms with Gasteiger partial charge in [0, 0.05) is 12.4 Å². The number of rotatable bonds is 3. The summed E-state index contributed by atoms with van der Waals surface area (Å²) in [6.45, 7) is 2.06. The molecule has 0 radical (unpaired) electrons. The summed E-state index contributed by atoms with van der Waals surface area (Å²) in [6, 6.07) is 2.28. The zero-order valence-corrected chi connectivity index (χ0v) is 10.4. The average molecular weight is 231 g/mol. The molecule has 0 amide bonds. The van der Waals surface area contributed by atoms with Crippen molar-refractivity contribution < 1.29 is 0 Å². The van der Waals surface area contributed by atoms with Crippen molar-refractivity contribution in [2.45, 2.75) is 45.1 Å². The zero-order chi connectivity index (χ0) is 12.1. The van der Waals surface area contributed by atoms with Crippen LogP contribution in [0.2, 0.25) is 0 Å². The number of hydrogen-bond acceptors (Lipinski definition) is 3. The van der Waals surface area contributed by atoms with E-state index in [1.54, 1.807) is 0 Å². The van der Waals surface area contributed by atoms with Gasteiger partial charge >= 0.3 is 0 Å². The summed E-state index contributed by atoms with van der Waals surface area (Å²) in [6.07, 6.45) is 12.3. The summed E-state index contributed by atoms with van der Waals surface area (Å²) in [5.41, 5.74) is 6.69. The van der Waals surface area contributed by atoms with Crippen LogP contribution in [0.15, 0.2) is 30.1 Å². The lowest BCUT2D eigenvalue weighted by Gasteiger charge is -2.19. The molecule has 3 nitrogen and oxygen atoms in total. The Morgan fingerprint density at radius 2 is 2.18 bits per heavy atom. The monoisotopic (exact) mass is 231 g/mol. The highest BCUT2D eigenvalue weighted by Crippen LogP contribution is 2.28. The van der Waals surface area contributed by atoms with Crippen LogP contribution in [0.5, 0.6) is 0 Å². The van der Waals surface area contributed by atoms with Crippen LogP contribution in [0.3, 0.4) is 0 Å². The molecule has 1 aromatic heterocycles. The first-order valence-corrected chi connectivity index (χ1v) is 6.38. The summed E-state index contributed by atoms with van der Waals surface area (Å²) in [5, 5.41) is 0. The molecule has 0 aromatic carbocycles. The van der Waals surface area contributed by atoms with Crippen molar-refractivity contribution >= 4 is 0 Å². The lowest BCUT2D eigenvalue weighted by atomic mass is 9.96. The van der Waals surface area contributed by atoms with Gasteiger partial charge in [0.25, 0.3) is 0 Å². The minimum atomic E-state index is 0.125. The van der Waals surface area contributed by atoms with Gasteiger partial charge in [0.05, 0.1) is 6.04 Å². The van der Waals surface area contributed by atoms with Gasteiger partial charge in [0.1, 0.15) is 0 Å². The first-order chi connectivity index (χ1) is 8.31. The maximum atomic E-state index is 5.72. The van der Waals surface area contributed by atoms with Gasteiger partial charge in [-0.25, -0.2) is 5.43 Å². The van der Waals surface area contributed by atoms with Crippen LogP contribution in [0, 0.1) is 6.92 Å². The molecule has 92 valence electrons. The van der Waals surface area contributed by atoms with E-state index in [0.29, 0.717) is 0 Å². The molecule has 3 heteroatoms. The molecule has 1 aliphatic rings. The molecule has 0 saturated carbocycles. The van der Waals surface area contributed by atoms with Crippen LogP contribution in [0.4, 0.5) is 0 Å². The maximum Gasteiger partial charge on any atom is 0.0685 e. The van der Waals surface area contributed by atoms with Crippen LogP contribution in [0.25, 0.3) is 0 Å². The topological polar surface area (TPSA) is 50.9 Å². The van der Waals surface area contributed by atoms with E-state index in [9.17, 15) is 0 Å². The second kappa shape index (κ2) is 5.94. The highest BCUT2D eigenvalue weighted by Gasteiger charge is 2.16. The third-order valence-corrected chi connectivity index (χ3v) is 3.34. The van der Waals surface area contributed by atoms with E-state index < -0.39 is 0 Å². The molecule has 1 heterocycles. The van der Waals surface area contributed by atoms with Crippen molar-refractivity contribution in [2.24, 2.45) is 5.84 Å². The summed E-state index contributed by atoms with van der Waals surface area (Å²) in [4.78, 5) is 4.25. The van der Waals surface area contributed by atoms with E-state index in [-0.39, 0.29) is 6.04 Å². The summed E-state index contributed by atoms with van der Waals surface area (Å²) >= 11 is 0. The van der Waals surface area contributed by atoms with Crippen molar-refractivity contribution in [3.05, 3.63) is 41.2 Å². The average Bonchev–Trinajstić information content (AvgIpc) is 2.59. The van der Waals surface area contributed by atoms with Crippen molar-refractivity contribution in [1.29, 1.82) is 0 Å². The Balaban J connectivity index is 2.23. The molecule has 1 aromatic rings. The van der Waals surface area contributed by atoms with Crippen LogP contribution < -0.4 is 11.3 Å². The number of aryl methyl sites for hydroxylation is 1. The smallest absolute Gasteiger partial charge is 0.0685 e. The molecule has 0 aliphatic heterocycles. The van der Waals surface area contributed by atoms with Gasteiger partial charge in [-0.15, -0.1) is 0 Å². The standard InChI is InChI=1S/C14H21N3/c1-11-8-13(10-16-9-11)14(17-15)12-6-4-2-3-5-7-12/h6,8-10,14,17H,2-5,7,15H2,1H3. The molecule has 0 spiro atoms. The Bertz CT molecular complexity index is 398. The minimum absolute atomic E-state index is 0.125. The summed E-state index contributed by atoms with van der Waals surface area (Å²) in [7, 11) is 0. The fourth-order valence-electron chi connectivity index (χ4n) is 2.46. The van der Waals surface area contributed by atoms with Crippen LogP contribution in [0.1, 0.15) is 49.3 Å². The molecule has 0 saturated heterocycles. The van der Waals surface area contributed by atoms with Crippen LogP contribution in [-0.2, 0) is 0 Å². The first-order valence-electron chi connectivity index (χ1n) is 6.38. The third-order valence-electron chi connectivity index (χ3n) is 3.34. The Kier molecular flexibility index (Phi) is 4.29. The predicted octanol–water partition coefficient (Wildman–Crippen LogP) is 2.78. The fraction of sp³-hybridized carbons (Fsp3) is 0.500. The van der Waals surface area contributed by atoms with Gasteiger partial charge in [-0.2, -0.15) is 0 Å². The SMILES string of the molecule is Cc1cncc(C(NN)C2=CCCCCC2)c1. The van der Waals surface area contributed by atoms with Crippen molar-refractivity contribution in [2.75, 3.05) is 0 Å². The molecule has 1 atom stereocenters. The van der Waals surface area contributed by atoms with E-state index in [4.69, 9.17) is 5.84 Å². The van der Waals surface area contributed by atoms with E-state index >= 15 is 0 Å². The highest BCUT2D eigenvalue weighted by molar-refractivity contribution is 5.28. The second-order valence-electron chi connectivity index (χ2n) is 4.77.